The first kappa shape index (κ1) is 10.5. The number of aliphatic hydroxyl groups excluding tert-OH is 1. The molecule has 0 saturated carbocycles. The molecule has 4 heteroatoms. The molecule has 0 aromatic heterocycles. The molecule has 76 valence electrons. The van der Waals surface area contributed by atoms with Gasteiger partial charge in [0.2, 0.25) is 0 Å². The van der Waals surface area contributed by atoms with Crippen molar-refractivity contribution in [2.45, 2.75) is 6.92 Å². The average Bonchev–Trinajstić information content (AvgIpc) is 2.25. The second-order valence-electron chi connectivity index (χ2n) is 2.75. The van der Waals surface area contributed by atoms with Gasteiger partial charge in [0.25, 0.3) is 0 Å². The first-order chi connectivity index (χ1) is 6.79. The SMILES string of the molecule is C/C(=N\O)c1ccccc1OCCO. The highest BCUT2D eigenvalue weighted by Crippen LogP contribution is 2.18. The van der Waals surface area contributed by atoms with Crippen LogP contribution in [0.15, 0.2) is 29.4 Å². The Bertz CT molecular complexity index is 323. The van der Waals surface area contributed by atoms with Crippen molar-refractivity contribution < 1.29 is 15.1 Å². The predicted molar refractivity (Wildman–Crippen MR) is 53.0 cm³/mol. The van der Waals surface area contributed by atoms with Crippen LogP contribution in [-0.4, -0.2) is 29.2 Å². The number of aliphatic hydroxyl groups is 1. The number of nitrogens with zero attached hydrogens (tertiary/aromatic N) is 1. The molecule has 0 atom stereocenters. The summed E-state index contributed by atoms with van der Waals surface area (Å²) in [5, 5.41) is 20.3. The number of hydrogen-bond acceptors (Lipinski definition) is 4. The van der Waals surface area contributed by atoms with E-state index >= 15 is 0 Å². The Balaban J connectivity index is 2.91. The van der Waals surface area contributed by atoms with E-state index in [1.54, 1.807) is 19.1 Å². The number of ether oxygens (including phenoxy) is 1. The molecule has 14 heavy (non-hydrogen) atoms. The molecular weight excluding hydrogens is 182 g/mol. The lowest BCUT2D eigenvalue weighted by atomic mass is 10.1. The normalized spacial score (nSPS) is 11.4. The van der Waals surface area contributed by atoms with Gasteiger partial charge in [-0.2, -0.15) is 0 Å². The third kappa shape index (κ3) is 2.47. The van der Waals surface area contributed by atoms with Crippen LogP contribution >= 0.6 is 0 Å². The van der Waals surface area contributed by atoms with Gasteiger partial charge in [-0.05, 0) is 19.1 Å². The molecule has 2 N–H and O–H groups in total. The van der Waals surface area contributed by atoms with Crippen molar-refractivity contribution in [2.24, 2.45) is 5.16 Å². The maximum atomic E-state index is 8.62. The van der Waals surface area contributed by atoms with Crippen molar-refractivity contribution in [2.75, 3.05) is 13.2 Å². The van der Waals surface area contributed by atoms with Gasteiger partial charge in [0, 0.05) is 5.56 Å². The minimum atomic E-state index is -0.0380. The van der Waals surface area contributed by atoms with Crippen molar-refractivity contribution in [1.82, 2.24) is 0 Å². The summed E-state index contributed by atoms with van der Waals surface area (Å²) in [4.78, 5) is 0. The quantitative estimate of drug-likeness (QED) is 0.432. The topological polar surface area (TPSA) is 62.1 Å². The van der Waals surface area contributed by atoms with Crippen LogP contribution in [-0.2, 0) is 0 Å². The summed E-state index contributed by atoms with van der Waals surface area (Å²) in [6.07, 6.45) is 0. The monoisotopic (exact) mass is 195 g/mol. The Labute approximate surface area is 82.4 Å². The van der Waals surface area contributed by atoms with Crippen molar-refractivity contribution in [3.63, 3.8) is 0 Å². The molecule has 1 rings (SSSR count). The molecule has 0 aliphatic rings. The van der Waals surface area contributed by atoms with Crippen molar-refractivity contribution in [1.29, 1.82) is 0 Å². The fourth-order valence-corrected chi connectivity index (χ4v) is 1.10. The zero-order valence-corrected chi connectivity index (χ0v) is 7.97. The van der Waals surface area contributed by atoms with E-state index in [-0.39, 0.29) is 13.2 Å². The van der Waals surface area contributed by atoms with E-state index in [2.05, 4.69) is 5.16 Å². The van der Waals surface area contributed by atoms with Crippen LogP contribution < -0.4 is 4.74 Å². The van der Waals surface area contributed by atoms with Gasteiger partial charge in [0.15, 0.2) is 0 Å². The lowest BCUT2D eigenvalue weighted by Gasteiger charge is -2.08. The fourth-order valence-electron chi connectivity index (χ4n) is 1.10. The maximum Gasteiger partial charge on any atom is 0.128 e. The first-order valence-electron chi connectivity index (χ1n) is 4.31. The summed E-state index contributed by atoms with van der Waals surface area (Å²) < 4.78 is 5.27. The second kappa shape index (κ2) is 5.24. The van der Waals surface area contributed by atoms with Gasteiger partial charge in [-0.15, -0.1) is 0 Å². The predicted octanol–water partition coefficient (Wildman–Crippen LogP) is 1.26. The Morgan fingerprint density at radius 3 is 2.79 bits per heavy atom. The number of rotatable bonds is 4. The standard InChI is InChI=1S/C10H13NO3/c1-8(11-13)9-4-2-3-5-10(9)14-7-6-12/h2-5,12-13H,6-7H2,1H3/b11-8+. The van der Waals surface area contributed by atoms with Crippen molar-refractivity contribution in [3.8, 4) is 5.75 Å². The molecule has 0 radical (unpaired) electrons. The molecule has 0 unspecified atom stereocenters. The molecule has 0 amide bonds. The first-order valence-corrected chi connectivity index (χ1v) is 4.31. The molecule has 1 aromatic carbocycles. The van der Waals surface area contributed by atoms with Gasteiger partial charge in [-0.25, -0.2) is 0 Å². The van der Waals surface area contributed by atoms with Crippen LogP contribution in [0.3, 0.4) is 0 Å². The van der Waals surface area contributed by atoms with Gasteiger partial charge in [-0.1, -0.05) is 17.3 Å². The van der Waals surface area contributed by atoms with Gasteiger partial charge in [-0.3, -0.25) is 0 Å². The fraction of sp³-hybridized carbons (Fsp3) is 0.300. The number of hydrogen-bond donors (Lipinski definition) is 2. The Hall–Kier alpha value is -1.55. The number of para-hydroxylation sites is 1. The molecule has 0 aliphatic heterocycles. The highest BCUT2D eigenvalue weighted by molar-refractivity contribution is 6.00. The van der Waals surface area contributed by atoms with E-state index < -0.39 is 0 Å². The number of oxime groups is 1. The molecule has 0 saturated heterocycles. The Morgan fingerprint density at radius 2 is 2.14 bits per heavy atom. The molecule has 0 bridgehead atoms. The Morgan fingerprint density at radius 1 is 1.43 bits per heavy atom. The zero-order valence-electron chi connectivity index (χ0n) is 7.97. The lowest BCUT2D eigenvalue weighted by Crippen LogP contribution is -2.06. The highest BCUT2D eigenvalue weighted by Gasteiger charge is 2.05. The van der Waals surface area contributed by atoms with Crippen LogP contribution in [0.25, 0.3) is 0 Å². The van der Waals surface area contributed by atoms with Crippen LogP contribution in [0, 0.1) is 0 Å². The summed E-state index contributed by atoms with van der Waals surface area (Å²) in [6, 6.07) is 7.21. The van der Waals surface area contributed by atoms with Crippen LogP contribution in [0.4, 0.5) is 0 Å². The summed E-state index contributed by atoms with van der Waals surface area (Å²) in [5.41, 5.74) is 1.21. The van der Waals surface area contributed by atoms with Crippen LogP contribution in [0.1, 0.15) is 12.5 Å². The van der Waals surface area contributed by atoms with Crippen molar-refractivity contribution in [3.05, 3.63) is 29.8 Å². The molecule has 0 fully saturated rings. The maximum absolute atomic E-state index is 8.62. The molecule has 1 aromatic rings. The molecule has 0 spiro atoms. The summed E-state index contributed by atoms with van der Waals surface area (Å²) in [7, 11) is 0. The molecule has 0 aliphatic carbocycles. The van der Waals surface area contributed by atoms with Gasteiger partial charge >= 0.3 is 0 Å². The minimum absolute atomic E-state index is 0.0380. The smallest absolute Gasteiger partial charge is 0.128 e. The highest BCUT2D eigenvalue weighted by atomic mass is 16.5. The van der Waals surface area contributed by atoms with Gasteiger partial charge in [0.05, 0.1) is 12.3 Å². The molecule has 4 nitrogen and oxygen atoms in total. The van der Waals surface area contributed by atoms with E-state index in [0.717, 1.165) is 5.56 Å². The summed E-state index contributed by atoms with van der Waals surface area (Å²) in [6.45, 7) is 1.88. The second-order valence-corrected chi connectivity index (χ2v) is 2.75. The van der Waals surface area contributed by atoms with Crippen LogP contribution in [0.2, 0.25) is 0 Å². The van der Waals surface area contributed by atoms with E-state index in [9.17, 15) is 0 Å². The van der Waals surface area contributed by atoms with E-state index in [1.807, 2.05) is 12.1 Å². The van der Waals surface area contributed by atoms with E-state index in [4.69, 9.17) is 15.1 Å². The average molecular weight is 195 g/mol. The minimum Gasteiger partial charge on any atom is -0.491 e. The third-order valence-corrected chi connectivity index (χ3v) is 1.78. The van der Waals surface area contributed by atoms with E-state index in [1.165, 1.54) is 0 Å². The van der Waals surface area contributed by atoms with Crippen molar-refractivity contribution >= 4 is 5.71 Å². The number of benzene rings is 1. The van der Waals surface area contributed by atoms with Gasteiger partial charge in [0.1, 0.15) is 12.4 Å². The third-order valence-electron chi connectivity index (χ3n) is 1.78. The summed E-state index contributed by atoms with van der Waals surface area (Å²) in [5.74, 6) is 0.608. The van der Waals surface area contributed by atoms with Gasteiger partial charge < -0.3 is 15.1 Å². The molecule has 0 heterocycles. The lowest BCUT2D eigenvalue weighted by molar-refractivity contribution is 0.201. The Kier molecular flexibility index (Phi) is 3.94. The zero-order chi connectivity index (χ0) is 10.4. The van der Waals surface area contributed by atoms with Crippen LogP contribution in [0.5, 0.6) is 5.75 Å². The van der Waals surface area contributed by atoms with E-state index in [0.29, 0.717) is 11.5 Å². The molecular formula is C10H13NO3. The largest absolute Gasteiger partial charge is 0.491 e. The summed E-state index contributed by atoms with van der Waals surface area (Å²) >= 11 is 0.